The summed E-state index contributed by atoms with van der Waals surface area (Å²) in [4.78, 5) is 12.0. The molecule has 2 aromatic rings. The third-order valence-corrected chi connectivity index (χ3v) is 4.88. The number of anilines is 2. The smallest absolute Gasteiger partial charge is 0.288 e. The quantitative estimate of drug-likeness (QED) is 0.601. The molecule has 7 nitrogen and oxygen atoms in total. The summed E-state index contributed by atoms with van der Waals surface area (Å²) in [7, 11) is 0.276. The van der Waals surface area contributed by atoms with E-state index >= 15 is 0 Å². The van der Waals surface area contributed by atoms with Gasteiger partial charge in [-0.1, -0.05) is 12.1 Å². The van der Waals surface area contributed by atoms with Gasteiger partial charge in [-0.2, -0.15) is 0 Å². The topological polar surface area (TPSA) is 92.5 Å². The Bertz CT molecular complexity index is 862. The fourth-order valence-electron chi connectivity index (χ4n) is 2.38. The zero-order chi connectivity index (χ0) is 18.6. The van der Waals surface area contributed by atoms with Crippen LogP contribution in [0.15, 0.2) is 47.4 Å². The van der Waals surface area contributed by atoms with Gasteiger partial charge in [0.15, 0.2) is 9.84 Å². The summed E-state index contributed by atoms with van der Waals surface area (Å²) >= 11 is 0. The van der Waals surface area contributed by atoms with Gasteiger partial charge in [0.05, 0.1) is 4.92 Å². The van der Waals surface area contributed by atoms with Gasteiger partial charge in [-0.05, 0) is 36.2 Å². The molecule has 0 saturated heterocycles. The molecule has 0 bridgehead atoms. The standard InChI is InChI=1S/C17H21N3O4S/c1-19(2)15-7-4-13(5-8-15)10-11-18-14-6-9-16(20(21)22)17(12-14)25(3,23)24/h4-9,12,18H,10-11H2,1-3H3. The zero-order valence-electron chi connectivity index (χ0n) is 14.4. The van der Waals surface area contributed by atoms with E-state index in [0.717, 1.165) is 23.9 Å². The molecule has 0 spiro atoms. The third kappa shape index (κ3) is 4.93. The van der Waals surface area contributed by atoms with E-state index in [9.17, 15) is 18.5 Å². The van der Waals surface area contributed by atoms with Gasteiger partial charge in [0.25, 0.3) is 5.69 Å². The van der Waals surface area contributed by atoms with Crippen molar-refractivity contribution in [3.8, 4) is 0 Å². The molecule has 0 aliphatic carbocycles. The summed E-state index contributed by atoms with van der Waals surface area (Å²) in [6.07, 6.45) is 1.71. The number of hydrogen-bond acceptors (Lipinski definition) is 6. The van der Waals surface area contributed by atoms with Gasteiger partial charge in [0, 0.05) is 44.3 Å². The molecule has 0 radical (unpaired) electrons. The van der Waals surface area contributed by atoms with E-state index in [-0.39, 0.29) is 4.90 Å². The molecule has 1 N–H and O–H groups in total. The first kappa shape index (κ1) is 18.7. The molecule has 0 atom stereocenters. The fourth-order valence-corrected chi connectivity index (χ4v) is 3.25. The van der Waals surface area contributed by atoms with E-state index in [4.69, 9.17) is 0 Å². The second-order valence-electron chi connectivity index (χ2n) is 5.95. The first-order chi connectivity index (χ1) is 11.7. The van der Waals surface area contributed by atoms with Gasteiger partial charge >= 0.3 is 0 Å². The van der Waals surface area contributed by atoms with Crippen LogP contribution in [0, 0.1) is 10.1 Å². The molecular formula is C17H21N3O4S. The van der Waals surface area contributed by atoms with Crippen molar-refractivity contribution in [3.63, 3.8) is 0 Å². The van der Waals surface area contributed by atoms with Crippen molar-refractivity contribution in [1.29, 1.82) is 0 Å². The van der Waals surface area contributed by atoms with Gasteiger partial charge in [0.2, 0.25) is 0 Å². The number of rotatable bonds is 7. The van der Waals surface area contributed by atoms with Gasteiger partial charge < -0.3 is 10.2 Å². The Hall–Kier alpha value is -2.61. The van der Waals surface area contributed by atoms with Crippen LogP contribution < -0.4 is 10.2 Å². The van der Waals surface area contributed by atoms with Crippen LogP contribution in [0.1, 0.15) is 5.56 Å². The lowest BCUT2D eigenvalue weighted by molar-refractivity contribution is -0.387. The molecule has 0 aliphatic rings. The first-order valence-corrected chi connectivity index (χ1v) is 9.56. The SMILES string of the molecule is CN(C)c1ccc(CCNc2ccc([N+](=O)[O-])c(S(C)(=O)=O)c2)cc1. The maximum Gasteiger partial charge on any atom is 0.288 e. The summed E-state index contributed by atoms with van der Waals surface area (Å²) in [6, 6.07) is 12.2. The summed E-state index contributed by atoms with van der Waals surface area (Å²) in [6.45, 7) is 0.586. The molecule has 0 heterocycles. The van der Waals surface area contributed by atoms with Crippen LogP contribution in [-0.4, -0.2) is 40.2 Å². The Morgan fingerprint density at radius 3 is 2.28 bits per heavy atom. The average Bonchev–Trinajstić information content (AvgIpc) is 2.54. The van der Waals surface area contributed by atoms with Crippen LogP contribution in [0.4, 0.5) is 17.1 Å². The minimum absolute atomic E-state index is 0.280. The highest BCUT2D eigenvalue weighted by Crippen LogP contribution is 2.27. The number of nitro benzene ring substituents is 1. The van der Waals surface area contributed by atoms with Gasteiger partial charge in [0.1, 0.15) is 4.90 Å². The Kier molecular flexibility index (Phi) is 5.63. The van der Waals surface area contributed by atoms with E-state index in [1.54, 1.807) is 0 Å². The number of nitro groups is 1. The normalized spacial score (nSPS) is 11.2. The summed E-state index contributed by atoms with van der Waals surface area (Å²) in [5.74, 6) is 0. The average molecular weight is 363 g/mol. The van der Waals surface area contributed by atoms with E-state index in [1.807, 2.05) is 43.3 Å². The van der Waals surface area contributed by atoms with Crippen LogP contribution in [0.3, 0.4) is 0 Å². The maximum atomic E-state index is 11.8. The van der Waals surface area contributed by atoms with Crippen LogP contribution in [0.5, 0.6) is 0 Å². The molecule has 0 unspecified atom stereocenters. The number of nitrogens with one attached hydrogen (secondary N) is 1. The Labute approximate surface area is 147 Å². The van der Waals surface area contributed by atoms with E-state index in [2.05, 4.69) is 5.32 Å². The van der Waals surface area contributed by atoms with Crippen LogP contribution in [0.25, 0.3) is 0 Å². The van der Waals surface area contributed by atoms with Gasteiger partial charge in [-0.3, -0.25) is 10.1 Å². The van der Waals surface area contributed by atoms with Crippen molar-refractivity contribution in [2.24, 2.45) is 0 Å². The molecule has 134 valence electrons. The molecule has 0 aliphatic heterocycles. The summed E-state index contributed by atoms with van der Waals surface area (Å²) in [5, 5.41) is 14.1. The highest BCUT2D eigenvalue weighted by atomic mass is 32.2. The van der Waals surface area contributed by atoms with Gasteiger partial charge in [-0.25, -0.2) is 8.42 Å². The summed E-state index contributed by atoms with van der Waals surface area (Å²) in [5.41, 5.74) is 2.39. The molecule has 0 aromatic heterocycles. The van der Waals surface area contributed by atoms with E-state index in [0.29, 0.717) is 12.2 Å². The van der Waals surface area contributed by atoms with Crippen molar-refractivity contribution >= 4 is 26.9 Å². The number of benzene rings is 2. The van der Waals surface area contributed by atoms with Crippen molar-refractivity contribution in [2.45, 2.75) is 11.3 Å². The molecule has 2 rings (SSSR count). The Morgan fingerprint density at radius 2 is 1.76 bits per heavy atom. The maximum absolute atomic E-state index is 11.8. The minimum atomic E-state index is -3.68. The number of sulfone groups is 1. The molecule has 8 heteroatoms. The van der Waals surface area contributed by atoms with Crippen LogP contribution in [0.2, 0.25) is 0 Å². The van der Waals surface area contributed by atoms with Crippen LogP contribution in [-0.2, 0) is 16.3 Å². The zero-order valence-corrected chi connectivity index (χ0v) is 15.2. The molecule has 2 aromatic carbocycles. The molecule has 0 amide bonds. The van der Waals surface area contributed by atoms with Crippen molar-refractivity contribution in [3.05, 3.63) is 58.1 Å². The van der Waals surface area contributed by atoms with E-state index < -0.39 is 20.4 Å². The van der Waals surface area contributed by atoms with Crippen molar-refractivity contribution in [1.82, 2.24) is 0 Å². The summed E-state index contributed by atoms with van der Waals surface area (Å²) < 4.78 is 23.5. The van der Waals surface area contributed by atoms with Crippen LogP contribution >= 0.6 is 0 Å². The second-order valence-corrected chi connectivity index (χ2v) is 7.93. The lowest BCUT2D eigenvalue weighted by atomic mass is 10.1. The molecule has 0 saturated carbocycles. The lowest BCUT2D eigenvalue weighted by Crippen LogP contribution is -2.09. The molecular weight excluding hydrogens is 342 g/mol. The molecule has 25 heavy (non-hydrogen) atoms. The minimum Gasteiger partial charge on any atom is -0.385 e. The predicted molar refractivity (Wildman–Crippen MR) is 99.2 cm³/mol. The number of hydrogen-bond donors (Lipinski definition) is 1. The molecule has 0 fully saturated rings. The van der Waals surface area contributed by atoms with E-state index in [1.165, 1.54) is 18.2 Å². The Morgan fingerprint density at radius 1 is 1.12 bits per heavy atom. The third-order valence-electron chi connectivity index (χ3n) is 3.75. The highest BCUT2D eigenvalue weighted by molar-refractivity contribution is 7.90. The fraction of sp³-hybridized carbons (Fsp3) is 0.294. The monoisotopic (exact) mass is 363 g/mol. The predicted octanol–water partition coefficient (Wildman–Crippen LogP) is 2.72. The first-order valence-electron chi connectivity index (χ1n) is 7.67. The van der Waals surface area contributed by atoms with Gasteiger partial charge in [-0.15, -0.1) is 0 Å². The number of nitrogens with zero attached hydrogens (tertiary/aromatic N) is 2. The Balaban J connectivity index is 2.07. The lowest BCUT2D eigenvalue weighted by Gasteiger charge is -2.13. The second kappa shape index (κ2) is 7.52. The van der Waals surface area contributed by atoms with Crippen molar-refractivity contribution < 1.29 is 13.3 Å². The highest BCUT2D eigenvalue weighted by Gasteiger charge is 2.22. The largest absolute Gasteiger partial charge is 0.385 e. The van der Waals surface area contributed by atoms with Crippen molar-refractivity contribution in [2.75, 3.05) is 37.1 Å².